The van der Waals surface area contributed by atoms with Crippen molar-refractivity contribution in [1.82, 2.24) is 10.6 Å². The monoisotopic (exact) mass is 451 g/mol. The topological polar surface area (TPSA) is 179 Å². The third-order valence-corrected chi connectivity index (χ3v) is 6.01. The summed E-state index contributed by atoms with van der Waals surface area (Å²) in [6.45, 7) is -0.614. The summed E-state index contributed by atoms with van der Waals surface area (Å²) < 4.78 is 0. The second-order valence-electron chi connectivity index (χ2n) is 6.95. The van der Waals surface area contributed by atoms with Crippen molar-refractivity contribution in [3.05, 3.63) is 41.5 Å². The van der Waals surface area contributed by atoms with Crippen LogP contribution < -0.4 is 16.4 Å². The fourth-order valence-electron chi connectivity index (χ4n) is 2.94. The lowest BCUT2D eigenvalue weighted by Crippen LogP contribution is -2.49. The summed E-state index contributed by atoms with van der Waals surface area (Å²) in [5.41, 5.74) is 7.21. The van der Waals surface area contributed by atoms with E-state index in [4.69, 9.17) is 15.9 Å². The molecule has 1 aromatic carbocycles. The Morgan fingerprint density at radius 2 is 1.87 bits per heavy atom. The van der Waals surface area contributed by atoms with Crippen molar-refractivity contribution >= 4 is 41.6 Å². The number of rotatable bonds is 11. The first-order valence-electron chi connectivity index (χ1n) is 9.53. The fraction of sp³-hybridized carbons (Fsp3) is 0.400. The van der Waals surface area contributed by atoms with E-state index in [1.807, 2.05) is 30.3 Å². The van der Waals surface area contributed by atoms with Gasteiger partial charge in [0.1, 0.15) is 18.6 Å². The lowest BCUT2D eigenvalue weighted by atomic mass is 9.95. The maximum atomic E-state index is 12.4. The van der Waals surface area contributed by atoms with Crippen LogP contribution >= 0.6 is 11.8 Å². The van der Waals surface area contributed by atoms with Crippen LogP contribution in [0.25, 0.3) is 6.08 Å². The molecule has 0 heterocycles. The summed E-state index contributed by atoms with van der Waals surface area (Å²) in [5.74, 6) is -3.69. The molecule has 0 radical (unpaired) electrons. The molecule has 0 fully saturated rings. The van der Waals surface area contributed by atoms with Crippen molar-refractivity contribution in [2.75, 3.05) is 12.3 Å². The molecule has 0 spiro atoms. The van der Waals surface area contributed by atoms with Gasteiger partial charge >= 0.3 is 11.9 Å². The number of nitrogens with two attached hydrogens (primary N) is 1. The van der Waals surface area contributed by atoms with Crippen molar-refractivity contribution in [2.45, 2.75) is 36.3 Å². The molecule has 4 unspecified atom stereocenters. The highest BCUT2D eigenvalue weighted by Gasteiger charge is 2.29. The first-order chi connectivity index (χ1) is 14.7. The lowest BCUT2D eigenvalue weighted by molar-refractivity contribution is -0.139. The summed E-state index contributed by atoms with van der Waals surface area (Å²) in [6.07, 6.45) is 2.33. The van der Waals surface area contributed by atoms with E-state index in [0.29, 0.717) is 0 Å². The Balaban J connectivity index is 2.05. The highest BCUT2D eigenvalue weighted by molar-refractivity contribution is 7.99. The number of benzene rings is 1. The second kappa shape index (κ2) is 11.5. The first-order valence-corrected chi connectivity index (χ1v) is 10.6. The van der Waals surface area contributed by atoms with Crippen LogP contribution in [0.3, 0.4) is 0 Å². The van der Waals surface area contributed by atoms with Crippen LogP contribution in [-0.4, -0.2) is 69.6 Å². The molecular weight excluding hydrogens is 426 g/mol. The van der Waals surface area contributed by atoms with Crippen LogP contribution in [0.5, 0.6) is 0 Å². The van der Waals surface area contributed by atoms with E-state index < -0.39 is 48.5 Å². The Morgan fingerprint density at radius 1 is 1.16 bits per heavy atom. The number of aliphatic carboxylic acids is 2. The minimum absolute atomic E-state index is 0.0616. The van der Waals surface area contributed by atoms with Crippen LogP contribution in [-0.2, 0) is 19.2 Å². The average molecular weight is 452 g/mol. The summed E-state index contributed by atoms with van der Waals surface area (Å²) in [5, 5.41) is 32.3. The Morgan fingerprint density at radius 3 is 2.55 bits per heavy atom. The maximum Gasteiger partial charge on any atom is 0.322 e. The van der Waals surface area contributed by atoms with E-state index in [1.165, 1.54) is 11.8 Å². The number of hydrogen-bond donors (Lipinski definition) is 6. The molecule has 2 amide bonds. The van der Waals surface area contributed by atoms with Gasteiger partial charge in [-0.3, -0.25) is 19.2 Å². The third kappa shape index (κ3) is 7.39. The number of carboxylic acid groups (broad SMARTS) is 2. The molecular formula is C20H25N3O7S. The molecule has 4 atom stereocenters. The minimum atomic E-state index is -1.24. The van der Waals surface area contributed by atoms with Gasteiger partial charge in [0.25, 0.3) is 0 Å². The van der Waals surface area contributed by atoms with Crippen molar-refractivity contribution in [1.29, 1.82) is 0 Å². The van der Waals surface area contributed by atoms with Crippen molar-refractivity contribution in [3.8, 4) is 0 Å². The maximum absolute atomic E-state index is 12.4. The van der Waals surface area contributed by atoms with Crippen molar-refractivity contribution in [3.63, 3.8) is 0 Å². The zero-order valence-corrected chi connectivity index (χ0v) is 17.4. The number of thioether (sulfide) groups is 1. The van der Waals surface area contributed by atoms with E-state index in [1.54, 1.807) is 6.08 Å². The van der Waals surface area contributed by atoms with E-state index in [2.05, 4.69) is 10.6 Å². The zero-order valence-electron chi connectivity index (χ0n) is 16.6. The molecule has 1 aliphatic rings. The predicted molar refractivity (Wildman–Crippen MR) is 114 cm³/mol. The third-order valence-electron chi connectivity index (χ3n) is 4.59. The van der Waals surface area contributed by atoms with Crippen molar-refractivity contribution < 1.29 is 34.5 Å². The summed E-state index contributed by atoms with van der Waals surface area (Å²) in [4.78, 5) is 46.2. The molecule has 11 heteroatoms. The standard InChI is InChI=1S/C20H25N3O7S/c21-13(20(29)30)6-8-16(25)23-14(19(28)22-9-17(26)27)10-31-18-12-4-2-1-3-11(12)5-7-15(18)24/h1-5,7,13-15,18,24H,6,8-10,21H2,(H,22,28)(H,23,25)(H,26,27)(H,29,30). The Bertz CT molecular complexity index is 861. The number of carboxylic acids is 2. The van der Waals surface area contributed by atoms with Gasteiger partial charge in [-0.05, 0) is 17.5 Å². The van der Waals surface area contributed by atoms with Gasteiger partial charge in [-0.2, -0.15) is 0 Å². The van der Waals surface area contributed by atoms with Gasteiger partial charge in [-0.15, -0.1) is 11.8 Å². The van der Waals surface area contributed by atoms with Gasteiger partial charge < -0.3 is 31.7 Å². The number of carbonyl (C=O) groups excluding carboxylic acids is 2. The number of aliphatic hydroxyl groups excluding tert-OH is 1. The number of hydrogen-bond acceptors (Lipinski definition) is 7. The number of aliphatic hydroxyl groups is 1. The van der Waals surface area contributed by atoms with E-state index >= 15 is 0 Å². The van der Waals surface area contributed by atoms with Gasteiger partial charge in [-0.25, -0.2) is 0 Å². The quantitative estimate of drug-likeness (QED) is 0.264. The summed E-state index contributed by atoms with van der Waals surface area (Å²) in [6, 6.07) is 5.18. The van der Waals surface area contributed by atoms with Crippen LogP contribution in [0.1, 0.15) is 29.2 Å². The normalized spacial score (nSPS) is 19.0. The molecule has 0 saturated carbocycles. The number of nitrogens with one attached hydrogen (secondary N) is 2. The molecule has 0 aromatic heterocycles. The molecule has 7 N–H and O–H groups in total. The van der Waals surface area contributed by atoms with Crippen LogP contribution in [0.2, 0.25) is 0 Å². The fourth-order valence-corrected chi connectivity index (χ4v) is 4.26. The second-order valence-corrected chi connectivity index (χ2v) is 8.12. The Labute approximate surface area is 182 Å². The van der Waals surface area contributed by atoms with Gasteiger partial charge in [0, 0.05) is 12.2 Å². The zero-order chi connectivity index (χ0) is 23.0. The van der Waals surface area contributed by atoms with E-state index in [-0.39, 0.29) is 23.8 Å². The first kappa shape index (κ1) is 24.4. The molecule has 0 saturated heterocycles. The molecule has 2 rings (SSSR count). The lowest BCUT2D eigenvalue weighted by Gasteiger charge is -2.27. The molecule has 168 valence electrons. The molecule has 0 aliphatic heterocycles. The minimum Gasteiger partial charge on any atom is -0.480 e. The number of carbonyl (C=O) groups is 4. The predicted octanol–water partition coefficient (Wildman–Crippen LogP) is -0.274. The number of amides is 2. The molecule has 1 aliphatic carbocycles. The molecule has 1 aromatic rings. The van der Waals surface area contributed by atoms with Gasteiger partial charge in [0.05, 0.1) is 11.4 Å². The largest absolute Gasteiger partial charge is 0.480 e. The Hall–Kier alpha value is -2.89. The van der Waals surface area contributed by atoms with Crippen LogP contribution in [0.15, 0.2) is 30.3 Å². The van der Waals surface area contributed by atoms with Gasteiger partial charge in [-0.1, -0.05) is 36.4 Å². The van der Waals surface area contributed by atoms with Crippen LogP contribution in [0.4, 0.5) is 0 Å². The van der Waals surface area contributed by atoms with Crippen molar-refractivity contribution in [2.24, 2.45) is 5.73 Å². The van der Waals surface area contributed by atoms with Gasteiger partial charge in [0.15, 0.2) is 0 Å². The van der Waals surface area contributed by atoms with E-state index in [9.17, 15) is 24.3 Å². The highest BCUT2D eigenvalue weighted by Crippen LogP contribution is 2.38. The SMILES string of the molecule is NC(CCC(=O)NC(CSC1c2ccccc2C=CC1O)C(=O)NCC(=O)O)C(=O)O. The summed E-state index contributed by atoms with van der Waals surface area (Å²) >= 11 is 1.25. The summed E-state index contributed by atoms with van der Waals surface area (Å²) in [7, 11) is 0. The smallest absolute Gasteiger partial charge is 0.322 e. The number of fused-ring (bicyclic) bond motifs is 1. The molecule has 31 heavy (non-hydrogen) atoms. The average Bonchev–Trinajstić information content (AvgIpc) is 2.73. The molecule has 0 bridgehead atoms. The molecule has 10 nitrogen and oxygen atoms in total. The van der Waals surface area contributed by atoms with Crippen LogP contribution in [0, 0.1) is 0 Å². The highest BCUT2D eigenvalue weighted by atomic mass is 32.2. The van der Waals surface area contributed by atoms with Gasteiger partial charge in [0.2, 0.25) is 11.8 Å². The van der Waals surface area contributed by atoms with E-state index in [0.717, 1.165) is 11.1 Å². The Kier molecular flexibility index (Phi) is 9.03.